The second-order valence-electron chi connectivity index (χ2n) is 8.75. The molecule has 0 spiro atoms. The predicted molar refractivity (Wildman–Crippen MR) is 153 cm³/mol. The second kappa shape index (κ2) is 12.6. The fraction of sp³-hybridized carbons (Fsp3) is 0.161. The molecule has 8 nitrogen and oxygen atoms in total. The molecule has 0 unspecified atom stereocenters. The highest BCUT2D eigenvalue weighted by molar-refractivity contribution is 5.80. The van der Waals surface area contributed by atoms with Crippen LogP contribution in [0.15, 0.2) is 103 Å². The number of amides is 1. The van der Waals surface area contributed by atoms with Crippen molar-refractivity contribution in [2.24, 2.45) is 0 Å². The van der Waals surface area contributed by atoms with E-state index in [0.717, 1.165) is 33.8 Å². The number of hydrogen-bond donors (Lipinski definition) is 2. The quantitative estimate of drug-likeness (QED) is 0.233. The number of hydrogen-bond acceptors (Lipinski definition) is 6. The van der Waals surface area contributed by atoms with Crippen LogP contribution in [0.5, 0.6) is 0 Å². The van der Waals surface area contributed by atoms with Crippen LogP contribution in [0.3, 0.4) is 0 Å². The van der Waals surface area contributed by atoms with Gasteiger partial charge in [0.2, 0.25) is 11.9 Å². The largest absolute Gasteiger partial charge is 0.380 e. The minimum absolute atomic E-state index is 0.0505. The van der Waals surface area contributed by atoms with Crippen LogP contribution in [-0.4, -0.2) is 52.0 Å². The lowest BCUT2D eigenvalue weighted by molar-refractivity contribution is -0.119. The molecule has 0 radical (unpaired) electrons. The van der Waals surface area contributed by atoms with Crippen molar-refractivity contribution in [2.75, 3.05) is 31.6 Å². The number of nitrogens with zero attached hydrogens (tertiary/aromatic N) is 4. The number of anilines is 1. The van der Waals surface area contributed by atoms with Crippen LogP contribution in [-0.2, 0) is 9.53 Å². The highest BCUT2D eigenvalue weighted by Gasteiger charge is 2.19. The van der Waals surface area contributed by atoms with Crippen molar-refractivity contribution in [1.29, 1.82) is 0 Å². The normalized spacial score (nSPS) is 10.8. The molecule has 3 aromatic carbocycles. The first-order valence-electron chi connectivity index (χ1n) is 12.9. The summed E-state index contributed by atoms with van der Waals surface area (Å²) in [6.45, 7) is 3.52. The van der Waals surface area contributed by atoms with E-state index >= 15 is 0 Å². The summed E-state index contributed by atoms with van der Waals surface area (Å²) in [5, 5.41) is 10.9. The zero-order valence-corrected chi connectivity index (χ0v) is 21.7. The molecule has 0 aliphatic rings. The SMILES string of the molecule is CCOCCNC(=O)CNc1ncc(-n2nc(-c3ccccc3)cc2-c2ccccc2)c(-c2ccccc2)n1. The van der Waals surface area contributed by atoms with Gasteiger partial charge in [0.25, 0.3) is 0 Å². The van der Waals surface area contributed by atoms with E-state index in [1.165, 1.54) is 0 Å². The molecule has 0 atom stereocenters. The Balaban J connectivity index is 1.52. The van der Waals surface area contributed by atoms with Crippen molar-refractivity contribution in [1.82, 2.24) is 25.1 Å². The number of rotatable bonds is 11. The van der Waals surface area contributed by atoms with Gasteiger partial charge in [0.1, 0.15) is 11.4 Å². The fourth-order valence-electron chi connectivity index (χ4n) is 4.18. The summed E-state index contributed by atoms with van der Waals surface area (Å²) < 4.78 is 7.16. The summed E-state index contributed by atoms with van der Waals surface area (Å²) in [5.41, 5.74) is 6.15. The molecule has 39 heavy (non-hydrogen) atoms. The standard InChI is InChI=1S/C31H30N6O2/c1-2-39-19-18-32-29(38)22-34-31-33-21-28(30(35-31)25-16-10-5-11-17-25)37-27(24-14-8-4-9-15-24)20-26(36-37)23-12-6-3-7-13-23/h3-17,20-21H,2,18-19,22H2,1H3,(H,32,38)(H,33,34,35). The minimum Gasteiger partial charge on any atom is -0.380 e. The highest BCUT2D eigenvalue weighted by Crippen LogP contribution is 2.32. The molecule has 196 valence electrons. The van der Waals surface area contributed by atoms with E-state index in [0.29, 0.717) is 31.4 Å². The Morgan fingerprint density at radius 1 is 0.872 bits per heavy atom. The fourth-order valence-corrected chi connectivity index (χ4v) is 4.18. The van der Waals surface area contributed by atoms with E-state index in [4.69, 9.17) is 14.8 Å². The molecule has 0 aliphatic heterocycles. The first-order valence-corrected chi connectivity index (χ1v) is 12.9. The number of ether oxygens (including phenoxy) is 1. The molecule has 2 N–H and O–H groups in total. The molecule has 0 bridgehead atoms. The number of carbonyl (C=O) groups is 1. The monoisotopic (exact) mass is 518 g/mol. The van der Waals surface area contributed by atoms with Crippen molar-refractivity contribution in [3.8, 4) is 39.5 Å². The predicted octanol–water partition coefficient (Wildman–Crippen LogP) is 5.23. The van der Waals surface area contributed by atoms with Gasteiger partial charge in [-0.3, -0.25) is 4.79 Å². The molecule has 0 saturated carbocycles. The van der Waals surface area contributed by atoms with Crippen LogP contribution in [0.4, 0.5) is 5.95 Å². The van der Waals surface area contributed by atoms with Crippen molar-refractivity contribution in [3.05, 3.63) is 103 Å². The maximum absolute atomic E-state index is 12.3. The zero-order valence-electron chi connectivity index (χ0n) is 21.7. The van der Waals surface area contributed by atoms with Crippen LogP contribution in [0.1, 0.15) is 6.92 Å². The molecule has 2 heterocycles. The Bertz CT molecular complexity index is 1500. The lowest BCUT2D eigenvalue weighted by Crippen LogP contribution is -2.32. The molecule has 0 saturated heterocycles. The van der Waals surface area contributed by atoms with Gasteiger partial charge in [0.15, 0.2) is 0 Å². The summed E-state index contributed by atoms with van der Waals surface area (Å²) in [4.78, 5) is 21.6. The number of aromatic nitrogens is 4. The maximum Gasteiger partial charge on any atom is 0.239 e. The van der Waals surface area contributed by atoms with E-state index in [2.05, 4.69) is 33.8 Å². The third kappa shape index (κ3) is 6.37. The van der Waals surface area contributed by atoms with E-state index in [9.17, 15) is 4.79 Å². The van der Waals surface area contributed by atoms with E-state index in [-0.39, 0.29) is 12.5 Å². The summed E-state index contributed by atoms with van der Waals surface area (Å²) in [7, 11) is 0. The number of carbonyl (C=O) groups excluding carboxylic acids is 1. The third-order valence-corrected chi connectivity index (χ3v) is 6.07. The molecule has 2 aromatic heterocycles. The van der Waals surface area contributed by atoms with Crippen molar-refractivity contribution in [2.45, 2.75) is 6.92 Å². The molecule has 1 amide bonds. The lowest BCUT2D eigenvalue weighted by atomic mass is 10.1. The lowest BCUT2D eigenvalue weighted by Gasteiger charge is -2.14. The van der Waals surface area contributed by atoms with Crippen molar-refractivity contribution >= 4 is 11.9 Å². The number of nitrogens with one attached hydrogen (secondary N) is 2. The Hall–Kier alpha value is -4.82. The molecular weight excluding hydrogens is 488 g/mol. The molecule has 8 heteroatoms. The van der Waals surface area contributed by atoms with E-state index in [1.807, 2.05) is 90.5 Å². The maximum atomic E-state index is 12.3. The van der Waals surface area contributed by atoms with Gasteiger partial charge in [-0.1, -0.05) is 91.0 Å². The molecule has 0 aliphatic carbocycles. The minimum atomic E-state index is -0.158. The molecular formula is C31H30N6O2. The van der Waals surface area contributed by atoms with E-state index in [1.54, 1.807) is 6.20 Å². The molecule has 0 fully saturated rings. The summed E-state index contributed by atoms with van der Waals surface area (Å²) in [6.07, 6.45) is 1.75. The smallest absolute Gasteiger partial charge is 0.239 e. The van der Waals surface area contributed by atoms with Gasteiger partial charge in [0, 0.05) is 29.8 Å². The first kappa shape index (κ1) is 25.8. The highest BCUT2D eigenvalue weighted by atomic mass is 16.5. The Morgan fingerprint density at radius 2 is 1.51 bits per heavy atom. The molecule has 5 rings (SSSR count). The van der Waals surface area contributed by atoms with Gasteiger partial charge in [-0.15, -0.1) is 0 Å². The van der Waals surface area contributed by atoms with Crippen molar-refractivity contribution < 1.29 is 9.53 Å². The Morgan fingerprint density at radius 3 is 2.18 bits per heavy atom. The van der Waals surface area contributed by atoms with Gasteiger partial charge in [-0.25, -0.2) is 14.6 Å². The zero-order chi connectivity index (χ0) is 26.9. The Labute approximate surface area is 227 Å². The van der Waals surface area contributed by atoms with E-state index < -0.39 is 0 Å². The van der Waals surface area contributed by atoms with Gasteiger partial charge < -0.3 is 15.4 Å². The number of benzene rings is 3. The summed E-state index contributed by atoms with van der Waals surface area (Å²) >= 11 is 0. The topological polar surface area (TPSA) is 94.0 Å². The van der Waals surface area contributed by atoms with Gasteiger partial charge in [-0.05, 0) is 13.0 Å². The first-order chi connectivity index (χ1) is 19.2. The third-order valence-electron chi connectivity index (χ3n) is 6.07. The van der Waals surface area contributed by atoms with Crippen LogP contribution in [0.2, 0.25) is 0 Å². The van der Waals surface area contributed by atoms with Gasteiger partial charge in [-0.2, -0.15) is 5.10 Å². The summed E-state index contributed by atoms with van der Waals surface area (Å²) in [5.74, 6) is 0.198. The summed E-state index contributed by atoms with van der Waals surface area (Å²) in [6, 6.07) is 32.2. The Kier molecular flexibility index (Phi) is 8.35. The second-order valence-corrected chi connectivity index (χ2v) is 8.75. The van der Waals surface area contributed by atoms with Gasteiger partial charge >= 0.3 is 0 Å². The van der Waals surface area contributed by atoms with Crippen molar-refractivity contribution in [3.63, 3.8) is 0 Å². The average Bonchev–Trinajstić information content (AvgIpc) is 3.45. The van der Waals surface area contributed by atoms with Crippen LogP contribution >= 0.6 is 0 Å². The van der Waals surface area contributed by atoms with Crippen LogP contribution in [0.25, 0.3) is 39.5 Å². The van der Waals surface area contributed by atoms with Crippen LogP contribution < -0.4 is 10.6 Å². The molecule has 5 aromatic rings. The van der Waals surface area contributed by atoms with Crippen LogP contribution in [0, 0.1) is 0 Å². The average molecular weight is 519 g/mol. The van der Waals surface area contributed by atoms with Gasteiger partial charge in [0.05, 0.1) is 30.7 Å².